The Kier molecular flexibility index (Phi) is 4.08. The summed E-state index contributed by atoms with van der Waals surface area (Å²) in [5, 5.41) is 11.4. The SMILES string of the molecule is CO[C@@H]1CC(=O)C[C@@H]([C@]2(C)CCCOC2=O)[C@@H]1[N+](=O)[O-]. The lowest BCUT2D eigenvalue weighted by atomic mass is 9.64. The lowest BCUT2D eigenvalue weighted by molar-refractivity contribution is -0.549. The molecule has 0 aromatic heterocycles. The van der Waals surface area contributed by atoms with E-state index in [1.807, 2.05) is 0 Å². The molecule has 1 aliphatic heterocycles. The summed E-state index contributed by atoms with van der Waals surface area (Å²) < 4.78 is 10.2. The fourth-order valence-electron chi connectivity index (χ4n) is 3.37. The summed E-state index contributed by atoms with van der Waals surface area (Å²) in [5.41, 5.74) is -0.983. The molecule has 1 saturated carbocycles. The molecular formula is C13H19NO6. The van der Waals surface area contributed by atoms with E-state index in [1.54, 1.807) is 6.92 Å². The first-order valence-electron chi connectivity index (χ1n) is 6.75. The standard InChI is InChI=1S/C13H19NO6/c1-13(4-3-5-20-12(13)16)9-6-8(15)7-10(19-2)11(9)14(17)18/h9-11H,3-7H2,1-2H3/t9-,10-,11+,13+/m1/s1. The summed E-state index contributed by atoms with van der Waals surface area (Å²) >= 11 is 0. The second kappa shape index (κ2) is 5.47. The van der Waals surface area contributed by atoms with Gasteiger partial charge in [-0.05, 0) is 19.8 Å². The highest BCUT2D eigenvalue weighted by molar-refractivity contribution is 5.83. The maximum absolute atomic E-state index is 12.1. The summed E-state index contributed by atoms with van der Waals surface area (Å²) in [6.45, 7) is 2.01. The van der Waals surface area contributed by atoms with Crippen molar-refractivity contribution in [3.05, 3.63) is 10.1 Å². The average molecular weight is 285 g/mol. The van der Waals surface area contributed by atoms with E-state index in [-0.39, 0.29) is 18.6 Å². The molecule has 1 aliphatic carbocycles. The molecule has 0 aromatic rings. The van der Waals surface area contributed by atoms with Gasteiger partial charge in [0.05, 0.1) is 17.9 Å². The van der Waals surface area contributed by atoms with E-state index in [4.69, 9.17) is 9.47 Å². The van der Waals surface area contributed by atoms with E-state index >= 15 is 0 Å². The van der Waals surface area contributed by atoms with Gasteiger partial charge < -0.3 is 9.47 Å². The monoisotopic (exact) mass is 285 g/mol. The molecule has 0 aromatic carbocycles. The Labute approximate surface area is 116 Å². The predicted octanol–water partition coefficient (Wildman–Crippen LogP) is 0.969. The van der Waals surface area contributed by atoms with Crippen molar-refractivity contribution in [2.75, 3.05) is 13.7 Å². The Hall–Kier alpha value is -1.50. The second-order valence-electron chi connectivity index (χ2n) is 5.76. The first-order valence-corrected chi connectivity index (χ1v) is 6.75. The Balaban J connectivity index is 2.36. The third kappa shape index (κ3) is 2.42. The van der Waals surface area contributed by atoms with Gasteiger partial charge in [0.25, 0.3) is 0 Å². The minimum atomic E-state index is -1.05. The molecule has 0 N–H and O–H groups in total. The smallest absolute Gasteiger partial charge is 0.312 e. The van der Waals surface area contributed by atoms with Crippen LogP contribution >= 0.6 is 0 Å². The third-order valence-electron chi connectivity index (χ3n) is 4.57. The van der Waals surface area contributed by atoms with Gasteiger partial charge in [0.2, 0.25) is 6.04 Å². The van der Waals surface area contributed by atoms with E-state index < -0.39 is 34.4 Å². The predicted molar refractivity (Wildman–Crippen MR) is 67.6 cm³/mol. The molecule has 0 bridgehead atoms. The summed E-state index contributed by atoms with van der Waals surface area (Å²) in [5.74, 6) is -1.21. The van der Waals surface area contributed by atoms with Gasteiger partial charge in [-0.25, -0.2) is 0 Å². The van der Waals surface area contributed by atoms with Gasteiger partial charge in [-0.3, -0.25) is 19.7 Å². The van der Waals surface area contributed by atoms with Crippen LogP contribution in [0.5, 0.6) is 0 Å². The van der Waals surface area contributed by atoms with Crippen molar-refractivity contribution in [3.63, 3.8) is 0 Å². The Morgan fingerprint density at radius 3 is 2.65 bits per heavy atom. The number of ketones is 1. The molecule has 112 valence electrons. The molecule has 0 radical (unpaired) electrons. The van der Waals surface area contributed by atoms with Gasteiger partial charge in [0.15, 0.2) is 0 Å². The van der Waals surface area contributed by atoms with Crippen molar-refractivity contribution >= 4 is 11.8 Å². The van der Waals surface area contributed by atoms with Gasteiger partial charge in [-0.1, -0.05) is 0 Å². The van der Waals surface area contributed by atoms with Gasteiger partial charge in [0.1, 0.15) is 11.9 Å². The number of hydrogen-bond donors (Lipinski definition) is 0. The third-order valence-corrected chi connectivity index (χ3v) is 4.57. The average Bonchev–Trinajstić information content (AvgIpc) is 2.40. The highest BCUT2D eigenvalue weighted by Gasteiger charge is 2.57. The molecule has 4 atom stereocenters. The first-order chi connectivity index (χ1) is 9.40. The number of nitrogens with zero attached hydrogens (tertiary/aromatic N) is 1. The molecule has 2 fully saturated rings. The second-order valence-corrected chi connectivity index (χ2v) is 5.76. The summed E-state index contributed by atoms with van der Waals surface area (Å²) in [6, 6.07) is -1.05. The van der Waals surface area contributed by atoms with Crippen molar-refractivity contribution < 1.29 is 24.0 Å². The summed E-state index contributed by atoms with van der Waals surface area (Å²) in [7, 11) is 1.36. The minimum absolute atomic E-state index is 0.0315. The van der Waals surface area contributed by atoms with Crippen LogP contribution < -0.4 is 0 Å². The van der Waals surface area contributed by atoms with Crippen molar-refractivity contribution in [1.29, 1.82) is 0 Å². The van der Waals surface area contributed by atoms with Crippen LogP contribution in [0.15, 0.2) is 0 Å². The van der Waals surface area contributed by atoms with E-state index in [1.165, 1.54) is 7.11 Å². The number of ether oxygens (including phenoxy) is 2. The summed E-state index contributed by atoms with van der Waals surface area (Å²) in [6.07, 6.45) is 0.461. The van der Waals surface area contributed by atoms with E-state index in [2.05, 4.69) is 0 Å². The van der Waals surface area contributed by atoms with Crippen LogP contribution in [0.4, 0.5) is 0 Å². The Morgan fingerprint density at radius 2 is 2.10 bits per heavy atom. The number of cyclic esters (lactones) is 1. The number of methoxy groups -OCH3 is 1. The van der Waals surface area contributed by atoms with Crippen molar-refractivity contribution in [2.24, 2.45) is 11.3 Å². The van der Waals surface area contributed by atoms with Crippen LogP contribution in [0.25, 0.3) is 0 Å². The number of carbonyl (C=O) groups excluding carboxylic acids is 2. The molecule has 20 heavy (non-hydrogen) atoms. The number of carbonyl (C=O) groups is 2. The number of rotatable bonds is 3. The van der Waals surface area contributed by atoms with Crippen LogP contribution in [0.1, 0.15) is 32.6 Å². The van der Waals surface area contributed by atoms with E-state index in [0.717, 1.165) is 0 Å². The highest BCUT2D eigenvalue weighted by atomic mass is 16.6. The number of esters is 1. The van der Waals surface area contributed by atoms with E-state index in [0.29, 0.717) is 19.4 Å². The molecule has 7 heteroatoms. The number of nitro groups is 1. The lowest BCUT2D eigenvalue weighted by Crippen LogP contribution is -2.56. The zero-order valence-corrected chi connectivity index (χ0v) is 11.7. The first kappa shape index (κ1) is 14.9. The van der Waals surface area contributed by atoms with Crippen LogP contribution in [0.3, 0.4) is 0 Å². The van der Waals surface area contributed by atoms with Crippen LogP contribution in [0.2, 0.25) is 0 Å². The van der Waals surface area contributed by atoms with Crippen molar-refractivity contribution in [3.8, 4) is 0 Å². The van der Waals surface area contributed by atoms with Gasteiger partial charge in [0, 0.05) is 24.9 Å². The fourth-order valence-corrected chi connectivity index (χ4v) is 3.37. The Bertz CT molecular complexity index is 437. The largest absolute Gasteiger partial charge is 0.465 e. The van der Waals surface area contributed by atoms with Gasteiger partial charge in [-0.15, -0.1) is 0 Å². The zero-order chi connectivity index (χ0) is 14.9. The summed E-state index contributed by atoms with van der Waals surface area (Å²) in [4.78, 5) is 34.9. The van der Waals surface area contributed by atoms with Crippen LogP contribution in [-0.4, -0.2) is 42.5 Å². The quantitative estimate of drug-likeness (QED) is 0.435. The molecule has 2 rings (SSSR count). The van der Waals surface area contributed by atoms with E-state index in [9.17, 15) is 19.7 Å². The van der Waals surface area contributed by atoms with Crippen LogP contribution in [0, 0.1) is 21.4 Å². The van der Waals surface area contributed by atoms with Crippen molar-refractivity contribution in [1.82, 2.24) is 0 Å². The maximum Gasteiger partial charge on any atom is 0.312 e. The molecule has 0 unspecified atom stereocenters. The topological polar surface area (TPSA) is 95.7 Å². The van der Waals surface area contributed by atoms with Gasteiger partial charge in [-0.2, -0.15) is 0 Å². The lowest BCUT2D eigenvalue weighted by Gasteiger charge is -2.42. The van der Waals surface area contributed by atoms with Gasteiger partial charge >= 0.3 is 5.97 Å². The number of Topliss-reactive ketones (excluding diaryl/α,β-unsaturated/α-hetero) is 1. The molecule has 1 heterocycles. The zero-order valence-electron chi connectivity index (χ0n) is 11.7. The maximum atomic E-state index is 12.1. The Morgan fingerprint density at radius 1 is 1.40 bits per heavy atom. The normalized spacial score (nSPS) is 38.4. The molecular weight excluding hydrogens is 266 g/mol. The minimum Gasteiger partial charge on any atom is -0.465 e. The molecule has 2 aliphatic rings. The highest BCUT2D eigenvalue weighted by Crippen LogP contribution is 2.45. The molecule has 7 nitrogen and oxygen atoms in total. The van der Waals surface area contributed by atoms with Crippen molar-refractivity contribution in [2.45, 2.75) is 44.8 Å². The molecule has 0 spiro atoms. The number of hydrogen-bond acceptors (Lipinski definition) is 6. The fraction of sp³-hybridized carbons (Fsp3) is 0.846. The molecule has 1 saturated heterocycles. The van der Waals surface area contributed by atoms with Crippen LogP contribution in [-0.2, 0) is 19.1 Å². The molecule has 0 amide bonds.